The Bertz CT molecular complexity index is 369. The zero-order valence-corrected chi connectivity index (χ0v) is 7.69. The van der Waals surface area contributed by atoms with Gasteiger partial charge in [0, 0.05) is 11.5 Å². The maximum atomic E-state index is 10.5. The van der Waals surface area contributed by atoms with Crippen LogP contribution in [0.1, 0.15) is 5.56 Å². The second-order valence-corrected chi connectivity index (χ2v) is 4.01. The lowest BCUT2D eigenvalue weighted by Crippen LogP contribution is -1.87. The van der Waals surface area contributed by atoms with Crippen LogP contribution in [0.4, 0.5) is 5.69 Å². The Morgan fingerprint density at radius 1 is 1.31 bits per heavy atom. The first-order chi connectivity index (χ1) is 5.99. The fraction of sp³-hybridized carbons (Fsp3) is 0. The second-order valence-electron chi connectivity index (χ2n) is 2.53. The summed E-state index contributed by atoms with van der Waals surface area (Å²) in [5, 5.41) is 0. The topological polar surface area (TPSA) is 83.6 Å². The zero-order valence-electron chi connectivity index (χ0n) is 6.79. The molecule has 0 aliphatic heterocycles. The summed E-state index contributed by atoms with van der Waals surface area (Å²) in [7, 11) is -4.09. The van der Waals surface area contributed by atoms with Crippen molar-refractivity contribution in [3.8, 4) is 0 Å². The van der Waals surface area contributed by atoms with Crippen molar-refractivity contribution >= 4 is 19.4 Å². The molecule has 0 amide bonds. The van der Waals surface area contributed by atoms with E-state index in [4.69, 9.17) is 15.5 Å². The summed E-state index contributed by atoms with van der Waals surface area (Å²) >= 11 is 0. The Kier molecular flexibility index (Phi) is 2.88. The molecule has 1 aromatic carbocycles. The van der Waals surface area contributed by atoms with Crippen LogP contribution in [0.25, 0.3) is 6.08 Å². The normalized spacial score (nSPS) is 12.2. The van der Waals surface area contributed by atoms with Gasteiger partial charge in [-0.05, 0) is 17.7 Å². The molecule has 1 rings (SSSR count). The van der Waals surface area contributed by atoms with Crippen molar-refractivity contribution < 1.29 is 14.4 Å². The lowest BCUT2D eigenvalue weighted by Gasteiger charge is -1.99. The highest BCUT2D eigenvalue weighted by atomic mass is 31.2. The number of nitrogens with two attached hydrogens (primary N) is 1. The number of rotatable bonds is 2. The van der Waals surface area contributed by atoms with E-state index < -0.39 is 7.60 Å². The molecule has 0 aliphatic carbocycles. The van der Waals surface area contributed by atoms with Gasteiger partial charge in [-0.25, -0.2) is 0 Å². The molecule has 4 N–H and O–H groups in total. The van der Waals surface area contributed by atoms with Crippen LogP contribution in [0.2, 0.25) is 0 Å². The van der Waals surface area contributed by atoms with Crippen LogP contribution in [-0.4, -0.2) is 9.79 Å². The van der Waals surface area contributed by atoms with Gasteiger partial charge < -0.3 is 15.5 Å². The van der Waals surface area contributed by atoms with E-state index in [-0.39, 0.29) is 0 Å². The van der Waals surface area contributed by atoms with Gasteiger partial charge in [-0.15, -0.1) is 0 Å². The molecule has 0 radical (unpaired) electrons. The summed E-state index contributed by atoms with van der Waals surface area (Å²) in [4.78, 5) is 17.1. The van der Waals surface area contributed by atoms with E-state index in [1.54, 1.807) is 24.3 Å². The quantitative estimate of drug-likeness (QED) is 0.496. The molecular formula is C8H10NO3P. The van der Waals surface area contributed by atoms with Crippen molar-refractivity contribution in [1.29, 1.82) is 0 Å². The molecule has 0 aliphatic rings. The molecule has 4 nitrogen and oxygen atoms in total. The van der Waals surface area contributed by atoms with Gasteiger partial charge in [-0.3, -0.25) is 4.57 Å². The van der Waals surface area contributed by atoms with Crippen LogP contribution in [0, 0.1) is 0 Å². The molecule has 1 aromatic rings. The third-order valence-corrected chi connectivity index (χ3v) is 1.98. The van der Waals surface area contributed by atoms with Crippen LogP contribution >= 0.6 is 7.60 Å². The van der Waals surface area contributed by atoms with E-state index in [1.165, 1.54) is 6.08 Å². The first kappa shape index (κ1) is 9.99. The predicted octanol–water partition coefficient (Wildman–Crippen LogP) is 1.42. The molecule has 0 saturated carbocycles. The van der Waals surface area contributed by atoms with Crippen LogP contribution < -0.4 is 5.73 Å². The van der Waals surface area contributed by atoms with Gasteiger partial charge in [0.15, 0.2) is 0 Å². The van der Waals surface area contributed by atoms with Gasteiger partial charge in [-0.2, -0.15) is 0 Å². The minimum absolute atomic E-state index is 0.493. The summed E-state index contributed by atoms with van der Waals surface area (Å²) < 4.78 is 10.5. The summed E-state index contributed by atoms with van der Waals surface area (Å²) in [5.41, 5.74) is 6.64. The number of hydrogen-bond acceptors (Lipinski definition) is 2. The van der Waals surface area contributed by atoms with Gasteiger partial charge >= 0.3 is 7.60 Å². The summed E-state index contributed by atoms with van der Waals surface area (Å²) in [6.07, 6.45) is 1.32. The van der Waals surface area contributed by atoms with Crippen molar-refractivity contribution in [2.45, 2.75) is 0 Å². The number of anilines is 1. The Morgan fingerprint density at radius 2 is 1.92 bits per heavy atom. The van der Waals surface area contributed by atoms with Crippen LogP contribution in [-0.2, 0) is 4.57 Å². The van der Waals surface area contributed by atoms with Crippen molar-refractivity contribution in [1.82, 2.24) is 0 Å². The standard InChI is InChI=1S/C8H10NO3P/c9-8-4-2-1-3-7(8)5-6-13(10,11)12/h1-6H,9H2,(H2,10,11,12). The first-order valence-electron chi connectivity index (χ1n) is 3.58. The van der Waals surface area contributed by atoms with E-state index in [0.717, 1.165) is 5.82 Å². The van der Waals surface area contributed by atoms with E-state index in [0.29, 0.717) is 11.3 Å². The maximum absolute atomic E-state index is 10.5. The Morgan fingerprint density at radius 3 is 2.46 bits per heavy atom. The van der Waals surface area contributed by atoms with Crippen molar-refractivity contribution in [2.75, 3.05) is 5.73 Å². The van der Waals surface area contributed by atoms with Gasteiger partial charge in [0.1, 0.15) is 0 Å². The molecular weight excluding hydrogens is 189 g/mol. The third-order valence-electron chi connectivity index (χ3n) is 1.44. The summed E-state index contributed by atoms with van der Waals surface area (Å²) in [6.45, 7) is 0. The molecule has 5 heteroatoms. The largest absolute Gasteiger partial charge is 0.398 e. The van der Waals surface area contributed by atoms with E-state index in [9.17, 15) is 4.57 Å². The monoisotopic (exact) mass is 199 g/mol. The molecule has 13 heavy (non-hydrogen) atoms. The average Bonchev–Trinajstić information content (AvgIpc) is 2.01. The van der Waals surface area contributed by atoms with Gasteiger partial charge in [0.2, 0.25) is 0 Å². The SMILES string of the molecule is Nc1ccccc1C=CP(=O)(O)O. The Labute approximate surface area is 75.9 Å². The van der Waals surface area contributed by atoms with Gasteiger partial charge in [-0.1, -0.05) is 18.2 Å². The van der Waals surface area contributed by atoms with Crippen molar-refractivity contribution in [3.63, 3.8) is 0 Å². The Hall–Kier alpha value is -1.09. The van der Waals surface area contributed by atoms with E-state index >= 15 is 0 Å². The maximum Gasteiger partial charge on any atom is 0.349 e. The number of benzene rings is 1. The predicted molar refractivity (Wildman–Crippen MR) is 51.9 cm³/mol. The molecule has 0 spiro atoms. The minimum atomic E-state index is -4.09. The minimum Gasteiger partial charge on any atom is -0.398 e. The van der Waals surface area contributed by atoms with Crippen molar-refractivity contribution in [3.05, 3.63) is 35.6 Å². The van der Waals surface area contributed by atoms with E-state index in [2.05, 4.69) is 0 Å². The molecule has 0 bridgehead atoms. The van der Waals surface area contributed by atoms with Crippen LogP contribution in [0.15, 0.2) is 30.1 Å². The molecule has 0 heterocycles. The summed E-state index contributed by atoms with van der Waals surface area (Å²) in [6, 6.07) is 6.85. The second kappa shape index (κ2) is 3.75. The molecule has 0 unspecified atom stereocenters. The average molecular weight is 199 g/mol. The van der Waals surface area contributed by atoms with Crippen molar-refractivity contribution in [2.24, 2.45) is 0 Å². The fourth-order valence-corrected chi connectivity index (χ4v) is 1.19. The van der Waals surface area contributed by atoms with Crippen LogP contribution in [0.5, 0.6) is 0 Å². The number of hydrogen-bond donors (Lipinski definition) is 3. The van der Waals surface area contributed by atoms with Crippen LogP contribution in [0.3, 0.4) is 0 Å². The third kappa shape index (κ3) is 3.42. The molecule has 0 fully saturated rings. The summed E-state index contributed by atoms with van der Waals surface area (Å²) in [5.74, 6) is 0.832. The highest BCUT2D eigenvalue weighted by Gasteiger charge is 2.05. The lowest BCUT2D eigenvalue weighted by molar-refractivity contribution is 0.386. The number of para-hydroxylation sites is 1. The molecule has 0 aromatic heterocycles. The highest BCUT2D eigenvalue weighted by molar-refractivity contribution is 7.55. The molecule has 0 atom stereocenters. The smallest absolute Gasteiger partial charge is 0.349 e. The van der Waals surface area contributed by atoms with E-state index in [1.807, 2.05) is 0 Å². The first-order valence-corrected chi connectivity index (χ1v) is 5.26. The zero-order chi connectivity index (χ0) is 9.90. The molecule has 70 valence electrons. The van der Waals surface area contributed by atoms with Gasteiger partial charge in [0.25, 0.3) is 0 Å². The fourth-order valence-electron chi connectivity index (χ4n) is 0.840. The van der Waals surface area contributed by atoms with Gasteiger partial charge in [0.05, 0.1) is 0 Å². The lowest BCUT2D eigenvalue weighted by atomic mass is 10.2. The Balaban J connectivity index is 2.93. The highest BCUT2D eigenvalue weighted by Crippen LogP contribution is 2.37. The molecule has 0 saturated heterocycles. The number of nitrogen functional groups attached to an aromatic ring is 1.